The van der Waals surface area contributed by atoms with Crippen molar-refractivity contribution < 1.29 is 9.53 Å². The number of isocyanates is 1. The number of hydrogen-bond acceptors (Lipinski definition) is 3. The summed E-state index contributed by atoms with van der Waals surface area (Å²) in [7, 11) is 1.66. The molecule has 15 heavy (non-hydrogen) atoms. The van der Waals surface area contributed by atoms with E-state index in [1.807, 2.05) is 13.8 Å². The van der Waals surface area contributed by atoms with Gasteiger partial charge in [-0.1, -0.05) is 17.7 Å². The van der Waals surface area contributed by atoms with E-state index in [0.29, 0.717) is 13.0 Å². The van der Waals surface area contributed by atoms with E-state index in [1.54, 1.807) is 7.11 Å². The van der Waals surface area contributed by atoms with E-state index in [1.165, 1.54) is 11.6 Å². The number of aliphatic imine (C=N–C) groups is 1. The second kappa shape index (κ2) is 5.32. The molecule has 0 heterocycles. The molecule has 0 saturated carbocycles. The summed E-state index contributed by atoms with van der Waals surface area (Å²) >= 11 is 0. The Labute approximate surface area is 89.8 Å². The van der Waals surface area contributed by atoms with Gasteiger partial charge in [0, 0.05) is 0 Å². The molecule has 0 aliphatic carbocycles. The average molecular weight is 205 g/mol. The summed E-state index contributed by atoms with van der Waals surface area (Å²) in [5.41, 5.74) is 3.40. The zero-order valence-electron chi connectivity index (χ0n) is 9.33. The van der Waals surface area contributed by atoms with Gasteiger partial charge >= 0.3 is 0 Å². The van der Waals surface area contributed by atoms with E-state index in [0.717, 1.165) is 16.9 Å². The molecule has 0 aliphatic rings. The van der Waals surface area contributed by atoms with Gasteiger partial charge in [0.05, 0.1) is 13.7 Å². The maximum absolute atomic E-state index is 9.96. The van der Waals surface area contributed by atoms with Crippen LogP contribution in [0.5, 0.6) is 5.75 Å². The molecule has 3 nitrogen and oxygen atoms in total. The summed E-state index contributed by atoms with van der Waals surface area (Å²) in [5, 5.41) is 0. The molecular weight excluding hydrogens is 190 g/mol. The first-order valence-corrected chi connectivity index (χ1v) is 4.86. The molecule has 0 spiro atoms. The van der Waals surface area contributed by atoms with Crippen LogP contribution >= 0.6 is 0 Å². The zero-order chi connectivity index (χ0) is 11.3. The molecule has 0 amide bonds. The highest BCUT2D eigenvalue weighted by Gasteiger charge is 2.06. The van der Waals surface area contributed by atoms with Gasteiger partial charge in [0.2, 0.25) is 6.08 Å². The van der Waals surface area contributed by atoms with E-state index >= 15 is 0 Å². The maximum atomic E-state index is 9.96. The zero-order valence-corrected chi connectivity index (χ0v) is 9.33. The van der Waals surface area contributed by atoms with Crippen LogP contribution < -0.4 is 4.74 Å². The van der Waals surface area contributed by atoms with Crippen LogP contribution in [0.25, 0.3) is 0 Å². The Hall–Kier alpha value is -1.60. The van der Waals surface area contributed by atoms with Crippen LogP contribution in [0, 0.1) is 13.8 Å². The standard InChI is InChI=1S/C12H15NO2/c1-9-6-10(2)12(15-3)11(7-9)4-5-13-8-14/h6-7H,4-5H2,1-3H3. The summed E-state index contributed by atoms with van der Waals surface area (Å²) in [6.07, 6.45) is 2.25. The molecule has 1 aromatic carbocycles. The van der Waals surface area contributed by atoms with Gasteiger partial charge in [0.25, 0.3) is 0 Å². The highest BCUT2D eigenvalue weighted by atomic mass is 16.5. The largest absolute Gasteiger partial charge is 0.496 e. The lowest BCUT2D eigenvalue weighted by atomic mass is 10.0. The topological polar surface area (TPSA) is 38.7 Å². The Kier molecular flexibility index (Phi) is 4.07. The van der Waals surface area contributed by atoms with Gasteiger partial charge in [-0.05, 0) is 31.4 Å². The molecule has 0 unspecified atom stereocenters. The number of rotatable bonds is 4. The van der Waals surface area contributed by atoms with Gasteiger partial charge in [-0.3, -0.25) is 0 Å². The quantitative estimate of drug-likeness (QED) is 0.558. The van der Waals surface area contributed by atoms with Crippen molar-refractivity contribution in [1.29, 1.82) is 0 Å². The smallest absolute Gasteiger partial charge is 0.234 e. The SMILES string of the molecule is COc1c(C)cc(C)cc1CCN=C=O. The number of aryl methyl sites for hydroxylation is 2. The van der Waals surface area contributed by atoms with Crippen LogP contribution in [-0.4, -0.2) is 19.7 Å². The molecule has 1 aromatic rings. The molecule has 0 fully saturated rings. The summed E-state index contributed by atoms with van der Waals surface area (Å²) in [5.74, 6) is 0.890. The highest BCUT2D eigenvalue weighted by molar-refractivity contribution is 5.44. The van der Waals surface area contributed by atoms with Crippen LogP contribution in [-0.2, 0) is 11.2 Å². The van der Waals surface area contributed by atoms with Gasteiger partial charge in [0.15, 0.2) is 0 Å². The Morgan fingerprint density at radius 2 is 2.13 bits per heavy atom. The van der Waals surface area contributed by atoms with Crippen molar-refractivity contribution in [2.75, 3.05) is 13.7 Å². The Bertz CT molecular complexity index is 393. The molecule has 80 valence electrons. The summed E-state index contributed by atoms with van der Waals surface area (Å²) in [6, 6.07) is 4.14. The molecule has 0 bridgehead atoms. The number of benzene rings is 1. The lowest BCUT2D eigenvalue weighted by molar-refractivity contribution is 0.406. The number of hydrogen-bond donors (Lipinski definition) is 0. The first-order chi connectivity index (χ1) is 7.19. The van der Waals surface area contributed by atoms with E-state index in [4.69, 9.17) is 4.74 Å². The van der Waals surface area contributed by atoms with E-state index < -0.39 is 0 Å². The predicted molar refractivity (Wildman–Crippen MR) is 59.2 cm³/mol. The van der Waals surface area contributed by atoms with Crippen LogP contribution in [0.15, 0.2) is 17.1 Å². The molecule has 0 saturated heterocycles. The van der Waals surface area contributed by atoms with Crippen molar-refractivity contribution in [3.63, 3.8) is 0 Å². The second-order valence-corrected chi connectivity index (χ2v) is 3.50. The maximum Gasteiger partial charge on any atom is 0.234 e. The summed E-state index contributed by atoms with van der Waals surface area (Å²) < 4.78 is 5.32. The number of carbonyl (C=O) groups excluding carboxylic acids is 1. The molecule has 0 atom stereocenters. The third-order valence-corrected chi connectivity index (χ3v) is 2.26. The van der Waals surface area contributed by atoms with E-state index in [-0.39, 0.29) is 0 Å². The van der Waals surface area contributed by atoms with Crippen molar-refractivity contribution in [3.8, 4) is 5.75 Å². The highest BCUT2D eigenvalue weighted by Crippen LogP contribution is 2.25. The van der Waals surface area contributed by atoms with Crippen molar-refractivity contribution >= 4 is 6.08 Å². The third-order valence-electron chi connectivity index (χ3n) is 2.26. The van der Waals surface area contributed by atoms with Gasteiger partial charge in [-0.15, -0.1) is 0 Å². The minimum atomic E-state index is 0.461. The molecule has 3 heteroatoms. The summed E-state index contributed by atoms with van der Waals surface area (Å²) in [4.78, 5) is 13.5. The van der Waals surface area contributed by atoms with E-state index in [2.05, 4.69) is 17.1 Å². The van der Waals surface area contributed by atoms with Crippen LogP contribution in [0.4, 0.5) is 0 Å². The third kappa shape index (κ3) is 2.93. The van der Waals surface area contributed by atoms with Crippen molar-refractivity contribution in [2.45, 2.75) is 20.3 Å². The van der Waals surface area contributed by atoms with Gasteiger partial charge < -0.3 is 4.74 Å². The Morgan fingerprint density at radius 3 is 2.73 bits per heavy atom. The Morgan fingerprint density at radius 1 is 1.40 bits per heavy atom. The summed E-state index contributed by atoms with van der Waals surface area (Å²) in [6.45, 7) is 4.51. The first kappa shape index (κ1) is 11.5. The number of ether oxygens (including phenoxy) is 1. The molecule has 0 aromatic heterocycles. The molecular formula is C12H15NO2. The van der Waals surface area contributed by atoms with Crippen LogP contribution in [0.3, 0.4) is 0 Å². The molecule has 1 rings (SSSR count). The van der Waals surface area contributed by atoms with Crippen molar-refractivity contribution in [3.05, 3.63) is 28.8 Å². The van der Waals surface area contributed by atoms with Crippen LogP contribution in [0.1, 0.15) is 16.7 Å². The average Bonchev–Trinajstić information content (AvgIpc) is 2.17. The lowest BCUT2D eigenvalue weighted by Gasteiger charge is -2.11. The lowest BCUT2D eigenvalue weighted by Crippen LogP contribution is -1.98. The monoisotopic (exact) mass is 205 g/mol. The van der Waals surface area contributed by atoms with Crippen LogP contribution in [0.2, 0.25) is 0 Å². The molecule has 0 N–H and O–H groups in total. The Balaban J connectivity index is 2.98. The number of nitrogens with zero attached hydrogens (tertiary/aromatic N) is 1. The predicted octanol–water partition coefficient (Wildman–Crippen LogP) is 2.19. The van der Waals surface area contributed by atoms with Gasteiger partial charge in [0.1, 0.15) is 5.75 Å². The normalized spacial score (nSPS) is 9.53. The fourth-order valence-electron chi connectivity index (χ4n) is 1.74. The second-order valence-electron chi connectivity index (χ2n) is 3.50. The minimum absolute atomic E-state index is 0.461. The van der Waals surface area contributed by atoms with Gasteiger partial charge in [-0.2, -0.15) is 0 Å². The molecule has 0 radical (unpaired) electrons. The number of methoxy groups -OCH3 is 1. The van der Waals surface area contributed by atoms with Gasteiger partial charge in [-0.25, -0.2) is 9.79 Å². The fourth-order valence-corrected chi connectivity index (χ4v) is 1.74. The first-order valence-electron chi connectivity index (χ1n) is 4.86. The van der Waals surface area contributed by atoms with Crippen molar-refractivity contribution in [1.82, 2.24) is 0 Å². The fraction of sp³-hybridized carbons (Fsp3) is 0.417. The van der Waals surface area contributed by atoms with E-state index in [9.17, 15) is 4.79 Å². The minimum Gasteiger partial charge on any atom is -0.496 e. The molecule has 0 aliphatic heterocycles. The van der Waals surface area contributed by atoms with Crippen molar-refractivity contribution in [2.24, 2.45) is 4.99 Å².